The summed E-state index contributed by atoms with van der Waals surface area (Å²) >= 11 is 1.78. The van der Waals surface area contributed by atoms with Crippen LogP contribution in [0.25, 0.3) is 0 Å². The van der Waals surface area contributed by atoms with Gasteiger partial charge in [0.1, 0.15) is 0 Å². The Hall–Kier alpha value is -1.29. The van der Waals surface area contributed by atoms with E-state index in [1.807, 2.05) is 7.05 Å². The first kappa shape index (κ1) is 27.0. The molecule has 0 aromatic heterocycles. The van der Waals surface area contributed by atoms with Crippen LogP contribution in [-0.4, -0.2) is 44.6 Å². The monoisotopic (exact) mass is 568 g/mol. The molecule has 1 atom stereocenters. The summed E-state index contributed by atoms with van der Waals surface area (Å²) in [5, 5.41) is 11.0. The van der Waals surface area contributed by atoms with Crippen molar-refractivity contribution in [3.8, 4) is 0 Å². The highest BCUT2D eigenvalue weighted by Crippen LogP contribution is 2.25. The molecule has 1 unspecified atom stereocenters. The number of guanidine groups is 1. The van der Waals surface area contributed by atoms with Gasteiger partial charge in [0.25, 0.3) is 0 Å². The zero-order valence-corrected chi connectivity index (χ0v) is 22.8. The van der Waals surface area contributed by atoms with Gasteiger partial charge in [-0.25, -0.2) is 0 Å². The third-order valence-corrected chi connectivity index (χ3v) is 6.80. The van der Waals surface area contributed by atoms with E-state index in [0.29, 0.717) is 0 Å². The number of aliphatic imine (C=N–C) groups is 1. The second-order valence-corrected chi connectivity index (χ2v) is 9.11. The number of thioether (sulfide) groups is 1. The summed E-state index contributed by atoms with van der Waals surface area (Å²) in [6.07, 6.45) is 4.07. The highest BCUT2D eigenvalue weighted by Gasteiger charge is 2.34. The van der Waals surface area contributed by atoms with E-state index in [1.165, 1.54) is 21.6 Å². The van der Waals surface area contributed by atoms with E-state index in [-0.39, 0.29) is 35.6 Å². The largest absolute Gasteiger partial charge is 0.381 e. The second-order valence-electron chi connectivity index (χ2n) is 8.26. The SMILES string of the molecule is CN=C(NCc1ccc(C)cc1SC)NCC1(NC(C)c2ccccc2)CCOCC1.I. The molecule has 2 aromatic rings. The van der Waals surface area contributed by atoms with Crippen molar-refractivity contribution in [3.63, 3.8) is 0 Å². The van der Waals surface area contributed by atoms with E-state index in [0.717, 1.165) is 45.1 Å². The molecule has 3 rings (SSSR count). The second kappa shape index (κ2) is 13.4. The van der Waals surface area contributed by atoms with E-state index in [2.05, 4.69) is 89.6 Å². The van der Waals surface area contributed by atoms with Crippen LogP contribution in [-0.2, 0) is 11.3 Å². The molecule has 1 heterocycles. The van der Waals surface area contributed by atoms with Crippen molar-refractivity contribution in [1.82, 2.24) is 16.0 Å². The molecule has 0 amide bonds. The van der Waals surface area contributed by atoms with Crippen LogP contribution >= 0.6 is 35.7 Å². The van der Waals surface area contributed by atoms with Gasteiger partial charge in [0.2, 0.25) is 0 Å². The van der Waals surface area contributed by atoms with Gasteiger partial charge in [-0.2, -0.15) is 0 Å². The standard InChI is InChI=1S/C25H36N4OS.HI/c1-19-10-11-22(23(16-19)31-4)17-27-24(26-3)28-18-25(12-14-30-15-13-25)29-20(2)21-8-6-5-7-9-21;/h5-11,16,20,29H,12-15,17-18H2,1-4H3,(H2,26,27,28);1H. The lowest BCUT2D eigenvalue weighted by molar-refractivity contribution is 0.0355. The molecule has 0 radical (unpaired) electrons. The summed E-state index contributed by atoms with van der Waals surface area (Å²) < 4.78 is 5.67. The average molecular weight is 569 g/mol. The Bertz CT molecular complexity index is 856. The fourth-order valence-electron chi connectivity index (χ4n) is 4.07. The van der Waals surface area contributed by atoms with Crippen LogP contribution in [0, 0.1) is 6.92 Å². The maximum atomic E-state index is 5.67. The number of rotatable bonds is 8. The summed E-state index contributed by atoms with van der Waals surface area (Å²) in [6.45, 7) is 7.48. The van der Waals surface area contributed by atoms with Crippen molar-refractivity contribution in [1.29, 1.82) is 0 Å². The third-order valence-electron chi connectivity index (χ3n) is 5.98. The Kier molecular flexibility index (Phi) is 11.3. The van der Waals surface area contributed by atoms with Gasteiger partial charge in [0.05, 0.1) is 0 Å². The predicted molar refractivity (Wildman–Crippen MR) is 147 cm³/mol. The van der Waals surface area contributed by atoms with Crippen molar-refractivity contribution in [2.75, 3.05) is 33.1 Å². The van der Waals surface area contributed by atoms with Crippen LogP contribution < -0.4 is 16.0 Å². The van der Waals surface area contributed by atoms with Gasteiger partial charge in [-0.1, -0.05) is 42.5 Å². The minimum Gasteiger partial charge on any atom is -0.381 e. The number of halogens is 1. The van der Waals surface area contributed by atoms with Crippen LogP contribution in [0.4, 0.5) is 0 Å². The van der Waals surface area contributed by atoms with E-state index in [1.54, 1.807) is 11.8 Å². The third kappa shape index (κ3) is 7.64. The van der Waals surface area contributed by atoms with Crippen LogP contribution in [0.15, 0.2) is 58.4 Å². The predicted octanol–water partition coefficient (Wildman–Crippen LogP) is 4.90. The number of nitrogens with one attached hydrogen (secondary N) is 3. The van der Waals surface area contributed by atoms with E-state index >= 15 is 0 Å². The van der Waals surface area contributed by atoms with Crippen LogP contribution in [0.1, 0.15) is 42.5 Å². The first-order chi connectivity index (χ1) is 15.0. The molecule has 0 aliphatic carbocycles. The number of hydrogen-bond acceptors (Lipinski definition) is 4. The lowest BCUT2D eigenvalue weighted by Gasteiger charge is -2.41. The molecule has 1 fully saturated rings. The Morgan fingerprint density at radius 3 is 2.50 bits per heavy atom. The molecule has 5 nitrogen and oxygen atoms in total. The van der Waals surface area contributed by atoms with Gasteiger partial charge in [-0.15, -0.1) is 35.7 Å². The van der Waals surface area contributed by atoms with Crippen LogP contribution in [0.3, 0.4) is 0 Å². The molecule has 0 saturated carbocycles. The van der Waals surface area contributed by atoms with Crippen LogP contribution in [0.2, 0.25) is 0 Å². The summed E-state index contributed by atoms with van der Waals surface area (Å²) in [5.41, 5.74) is 3.85. The van der Waals surface area contributed by atoms with E-state index in [9.17, 15) is 0 Å². The normalized spacial score (nSPS) is 16.7. The molecule has 1 saturated heterocycles. The molecule has 32 heavy (non-hydrogen) atoms. The molecule has 3 N–H and O–H groups in total. The number of hydrogen-bond donors (Lipinski definition) is 3. The summed E-state index contributed by atoms with van der Waals surface area (Å²) in [7, 11) is 1.83. The lowest BCUT2D eigenvalue weighted by Crippen LogP contribution is -2.58. The van der Waals surface area contributed by atoms with Crippen molar-refractivity contribution in [2.24, 2.45) is 4.99 Å². The molecule has 1 aliphatic heterocycles. The summed E-state index contributed by atoms with van der Waals surface area (Å²) in [5.74, 6) is 0.827. The number of benzene rings is 2. The molecular formula is C25H37IN4OS. The molecule has 0 bridgehead atoms. The molecule has 7 heteroatoms. The minimum absolute atomic E-state index is 0. The van der Waals surface area contributed by atoms with Crippen molar-refractivity contribution < 1.29 is 4.74 Å². The number of ether oxygens (including phenoxy) is 1. The molecule has 176 valence electrons. The topological polar surface area (TPSA) is 57.7 Å². The quantitative estimate of drug-likeness (QED) is 0.183. The average Bonchev–Trinajstić information content (AvgIpc) is 2.81. The molecular weight excluding hydrogens is 531 g/mol. The highest BCUT2D eigenvalue weighted by atomic mass is 127. The summed E-state index contributed by atoms with van der Waals surface area (Å²) in [4.78, 5) is 5.77. The van der Waals surface area contributed by atoms with E-state index < -0.39 is 0 Å². The fourth-order valence-corrected chi connectivity index (χ4v) is 4.78. The number of aryl methyl sites for hydroxylation is 1. The lowest BCUT2D eigenvalue weighted by atomic mass is 9.88. The Morgan fingerprint density at radius 1 is 1.12 bits per heavy atom. The first-order valence-corrected chi connectivity index (χ1v) is 12.3. The maximum absolute atomic E-state index is 5.67. The Morgan fingerprint density at radius 2 is 1.84 bits per heavy atom. The van der Waals surface area contributed by atoms with Gasteiger partial charge in [0, 0.05) is 49.8 Å². The summed E-state index contributed by atoms with van der Waals surface area (Å²) in [6, 6.07) is 17.5. The van der Waals surface area contributed by atoms with Gasteiger partial charge in [0.15, 0.2) is 5.96 Å². The van der Waals surface area contributed by atoms with Gasteiger partial charge < -0.3 is 20.7 Å². The molecule has 1 aliphatic rings. The first-order valence-electron chi connectivity index (χ1n) is 11.0. The van der Waals surface area contributed by atoms with Crippen LogP contribution in [0.5, 0.6) is 0 Å². The Labute approximate surface area is 214 Å². The fraction of sp³-hybridized carbons (Fsp3) is 0.480. The smallest absolute Gasteiger partial charge is 0.191 e. The highest BCUT2D eigenvalue weighted by molar-refractivity contribution is 14.0. The molecule has 0 spiro atoms. The minimum atomic E-state index is -0.0284. The molecule has 2 aromatic carbocycles. The van der Waals surface area contributed by atoms with Gasteiger partial charge in [-0.05, 0) is 55.7 Å². The van der Waals surface area contributed by atoms with E-state index in [4.69, 9.17) is 4.74 Å². The van der Waals surface area contributed by atoms with Gasteiger partial charge in [-0.3, -0.25) is 4.99 Å². The van der Waals surface area contributed by atoms with Crippen molar-refractivity contribution >= 4 is 41.7 Å². The zero-order chi connectivity index (χ0) is 22.1. The number of nitrogens with zero attached hydrogens (tertiary/aromatic N) is 1. The van der Waals surface area contributed by atoms with Crippen molar-refractivity contribution in [3.05, 3.63) is 65.2 Å². The maximum Gasteiger partial charge on any atom is 0.191 e. The Balaban J connectivity index is 0.00000363. The zero-order valence-electron chi connectivity index (χ0n) is 19.6. The van der Waals surface area contributed by atoms with Gasteiger partial charge >= 0.3 is 0 Å². The van der Waals surface area contributed by atoms with Crippen molar-refractivity contribution in [2.45, 2.75) is 49.7 Å².